The molecular formula is C21H29Cl2N7. The molecule has 0 aliphatic carbocycles. The van der Waals surface area contributed by atoms with Gasteiger partial charge in [-0.05, 0) is 12.5 Å². The lowest BCUT2D eigenvalue weighted by molar-refractivity contribution is 0.249. The number of hydrogen-bond donors (Lipinski definition) is 1. The number of aromatic nitrogens is 4. The molecule has 0 saturated carbocycles. The number of benzene rings is 1. The Kier molecular flexibility index (Phi) is 8.61. The van der Waals surface area contributed by atoms with Crippen molar-refractivity contribution >= 4 is 30.6 Å². The molecule has 30 heavy (non-hydrogen) atoms. The topological polar surface area (TPSA) is 76.1 Å². The third-order valence-electron chi connectivity index (χ3n) is 5.54. The number of hydrogen-bond acceptors (Lipinski definition) is 6. The van der Waals surface area contributed by atoms with E-state index in [1.165, 1.54) is 11.3 Å². The van der Waals surface area contributed by atoms with Crippen LogP contribution in [0.3, 0.4) is 0 Å². The smallest absolute Gasteiger partial charge is 0.155 e. The second-order valence-corrected chi connectivity index (χ2v) is 7.27. The van der Waals surface area contributed by atoms with E-state index in [9.17, 15) is 0 Å². The van der Waals surface area contributed by atoms with E-state index in [-0.39, 0.29) is 24.8 Å². The van der Waals surface area contributed by atoms with Crippen LogP contribution in [-0.2, 0) is 20.1 Å². The first-order chi connectivity index (χ1) is 13.7. The fraction of sp³-hybridized carbons (Fsp3) is 0.381. The molecule has 162 valence electrons. The maximum absolute atomic E-state index is 5.72. The van der Waals surface area contributed by atoms with Gasteiger partial charge in [-0.15, -0.1) is 24.8 Å². The van der Waals surface area contributed by atoms with Gasteiger partial charge in [-0.3, -0.25) is 14.6 Å². The second-order valence-electron chi connectivity index (χ2n) is 7.27. The molecule has 0 unspecified atom stereocenters. The van der Waals surface area contributed by atoms with Gasteiger partial charge in [0.05, 0.1) is 6.20 Å². The summed E-state index contributed by atoms with van der Waals surface area (Å²) in [6, 6.07) is 8.28. The third kappa shape index (κ3) is 5.10. The molecule has 1 aromatic carbocycles. The summed E-state index contributed by atoms with van der Waals surface area (Å²) in [5.74, 6) is 0.959. The fourth-order valence-corrected chi connectivity index (χ4v) is 3.62. The number of nitrogens with zero attached hydrogens (tertiary/aromatic N) is 6. The van der Waals surface area contributed by atoms with Crippen molar-refractivity contribution in [3.63, 3.8) is 0 Å². The summed E-state index contributed by atoms with van der Waals surface area (Å²) in [5, 5.41) is 4.36. The Hall–Kier alpha value is -2.19. The van der Waals surface area contributed by atoms with Crippen LogP contribution in [-0.4, -0.2) is 50.8 Å². The minimum atomic E-state index is 0. The van der Waals surface area contributed by atoms with Crippen molar-refractivity contribution in [3.8, 4) is 11.3 Å². The monoisotopic (exact) mass is 449 g/mol. The maximum atomic E-state index is 5.72. The second kappa shape index (κ2) is 10.7. The molecule has 1 fully saturated rings. The number of piperazine rings is 1. The highest BCUT2D eigenvalue weighted by molar-refractivity contribution is 5.85. The Balaban J connectivity index is 0.00000160. The lowest BCUT2D eigenvalue weighted by atomic mass is 10.1. The zero-order valence-corrected chi connectivity index (χ0v) is 19.0. The lowest BCUT2D eigenvalue weighted by Gasteiger charge is -2.35. The van der Waals surface area contributed by atoms with Crippen molar-refractivity contribution in [3.05, 3.63) is 59.7 Å². The molecule has 1 saturated heterocycles. The fourth-order valence-electron chi connectivity index (χ4n) is 3.62. The van der Waals surface area contributed by atoms with Crippen LogP contribution in [0.2, 0.25) is 0 Å². The van der Waals surface area contributed by atoms with Gasteiger partial charge in [0.15, 0.2) is 5.82 Å². The predicted molar refractivity (Wildman–Crippen MR) is 125 cm³/mol. The van der Waals surface area contributed by atoms with E-state index in [1.54, 1.807) is 12.4 Å². The molecule has 9 heteroatoms. The van der Waals surface area contributed by atoms with E-state index in [0.29, 0.717) is 6.54 Å². The first-order valence-electron chi connectivity index (χ1n) is 9.71. The molecule has 1 aliphatic heterocycles. The Morgan fingerprint density at radius 3 is 2.23 bits per heavy atom. The molecule has 4 rings (SSSR count). The van der Waals surface area contributed by atoms with Crippen molar-refractivity contribution in [2.75, 3.05) is 31.1 Å². The summed E-state index contributed by atoms with van der Waals surface area (Å²) in [7, 11) is 1.99. The zero-order chi connectivity index (χ0) is 19.5. The van der Waals surface area contributed by atoms with Crippen LogP contribution in [0.25, 0.3) is 11.3 Å². The highest BCUT2D eigenvalue weighted by Gasteiger charge is 2.22. The van der Waals surface area contributed by atoms with Crippen LogP contribution in [0.1, 0.15) is 16.8 Å². The van der Waals surface area contributed by atoms with Gasteiger partial charge >= 0.3 is 0 Å². The summed E-state index contributed by atoms with van der Waals surface area (Å²) < 4.78 is 1.94. The first-order valence-corrected chi connectivity index (χ1v) is 9.71. The molecule has 2 aromatic heterocycles. The molecule has 0 radical (unpaired) electrons. The SMILES string of the molecule is Cc1c(CN2CCN(c3nccnc3-c3ccc(CN)cc3)CC2)cnn1C.Cl.Cl. The highest BCUT2D eigenvalue weighted by Crippen LogP contribution is 2.27. The van der Waals surface area contributed by atoms with E-state index in [0.717, 1.165) is 55.4 Å². The van der Waals surface area contributed by atoms with Crippen LogP contribution in [0.5, 0.6) is 0 Å². The molecule has 0 spiro atoms. The van der Waals surface area contributed by atoms with Crippen LogP contribution < -0.4 is 10.6 Å². The van der Waals surface area contributed by atoms with Gasteiger partial charge < -0.3 is 10.6 Å². The van der Waals surface area contributed by atoms with Gasteiger partial charge in [0.25, 0.3) is 0 Å². The van der Waals surface area contributed by atoms with Crippen molar-refractivity contribution < 1.29 is 0 Å². The molecule has 3 aromatic rings. The Morgan fingerprint density at radius 1 is 0.967 bits per heavy atom. The summed E-state index contributed by atoms with van der Waals surface area (Å²) in [6.45, 7) is 7.48. The van der Waals surface area contributed by atoms with E-state index in [1.807, 2.05) is 17.9 Å². The minimum absolute atomic E-state index is 0. The van der Waals surface area contributed by atoms with E-state index >= 15 is 0 Å². The summed E-state index contributed by atoms with van der Waals surface area (Å²) in [6.07, 6.45) is 5.52. The van der Waals surface area contributed by atoms with Crippen molar-refractivity contribution in [2.45, 2.75) is 20.0 Å². The molecule has 1 aliphatic rings. The van der Waals surface area contributed by atoms with Crippen molar-refractivity contribution in [1.29, 1.82) is 0 Å². The van der Waals surface area contributed by atoms with Gasteiger partial charge in [-0.2, -0.15) is 5.10 Å². The van der Waals surface area contributed by atoms with Crippen LogP contribution >= 0.6 is 24.8 Å². The number of aryl methyl sites for hydroxylation is 1. The van der Waals surface area contributed by atoms with Gasteiger partial charge in [0.1, 0.15) is 5.69 Å². The largest absolute Gasteiger partial charge is 0.352 e. The molecule has 7 nitrogen and oxygen atoms in total. The molecule has 3 heterocycles. The lowest BCUT2D eigenvalue weighted by Crippen LogP contribution is -2.46. The number of rotatable bonds is 5. The molecular weight excluding hydrogens is 421 g/mol. The molecule has 0 amide bonds. The summed E-state index contributed by atoms with van der Waals surface area (Å²) in [5.41, 5.74) is 11.4. The average Bonchev–Trinajstić information content (AvgIpc) is 3.06. The summed E-state index contributed by atoms with van der Waals surface area (Å²) >= 11 is 0. The minimum Gasteiger partial charge on any atom is -0.352 e. The van der Waals surface area contributed by atoms with Crippen LogP contribution in [0.4, 0.5) is 5.82 Å². The van der Waals surface area contributed by atoms with Crippen LogP contribution in [0, 0.1) is 6.92 Å². The quantitative estimate of drug-likeness (QED) is 0.645. The van der Waals surface area contributed by atoms with Gasteiger partial charge in [0, 0.05) is 75.5 Å². The van der Waals surface area contributed by atoms with Crippen molar-refractivity contribution in [2.24, 2.45) is 12.8 Å². The Labute approximate surface area is 190 Å². The Bertz CT molecular complexity index is 935. The van der Waals surface area contributed by atoms with E-state index in [4.69, 9.17) is 5.73 Å². The summed E-state index contributed by atoms with van der Waals surface area (Å²) in [4.78, 5) is 14.1. The Morgan fingerprint density at radius 2 is 1.63 bits per heavy atom. The van der Waals surface area contributed by atoms with Gasteiger partial charge in [-0.1, -0.05) is 24.3 Å². The predicted octanol–water partition coefficient (Wildman–Crippen LogP) is 2.81. The molecule has 0 atom stereocenters. The average molecular weight is 450 g/mol. The van der Waals surface area contributed by atoms with Crippen LogP contribution in [0.15, 0.2) is 42.9 Å². The first kappa shape index (κ1) is 24.1. The number of halogens is 2. The normalized spacial score (nSPS) is 14.2. The van der Waals surface area contributed by atoms with Gasteiger partial charge in [-0.25, -0.2) is 4.98 Å². The maximum Gasteiger partial charge on any atom is 0.155 e. The standard InChI is InChI=1S/C21H27N7.2ClH/c1-16-19(14-25-26(16)2)15-27-9-11-28(12-10-27)21-20(23-7-8-24-21)18-5-3-17(13-22)4-6-18;;/h3-8,14H,9-13,15,22H2,1-2H3;2*1H. The number of anilines is 1. The molecule has 0 bridgehead atoms. The highest BCUT2D eigenvalue weighted by atomic mass is 35.5. The zero-order valence-electron chi connectivity index (χ0n) is 17.4. The number of nitrogens with two attached hydrogens (primary N) is 1. The third-order valence-corrected chi connectivity index (χ3v) is 5.54. The van der Waals surface area contributed by atoms with Crippen molar-refractivity contribution in [1.82, 2.24) is 24.6 Å². The van der Waals surface area contributed by atoms with E-state index < -0.39 is 0 Å². The molecule has 2 N–H and O–H groups in total. The van der Waals surface area contributed by atoms with E-state index in [2.05, 4.69) is 56.1 Å². The van der Waals surface area contributed by atoms with Gasteiger partial charge in [0.2, 0.25) is 0 Å².